The van der Waals surface area contributed by atoms with Crippen LogP contribution in [0.1, 0.15) is 11.1 Å². The summed E-state index contributed by atoms with van der Waals surface area (Å²) < 4.78 is 42.1. The molecule has 7 heteroatoms. The number of likely N-dealkylation sites (N-methyl/N-ethyl adjacent to an activating group) is 1. The summed E-state index contributed by atoms with van der Waals surface area (Å²) in [6, 6.07) is 4.56. The number of benzene rings is 1. The zero-order valence-electron chi connectivity index (χ0n) is 11.8. The van der Waals surface area contributed by atoms with Crippen LogP contribution in [0.2, 0.25) is 0 Å². The van der Waals surface area contributed by atoms with Gasteiger partial charge in [-0.05, 0) is 17.7 Å². The van der Waals surface area contributed by atoms with Gasteiger partial charge in [0, 0.05) is 20.7 Å². The van der Waals surface area contributed by atoms with Gasteiger partial charge in [0.1, 0.15) is 0 Å². The van der Waals surface area contributed by atoms with Gasteiger partial charge in [0.2, 0.25) is 5.91 Å². The highest BCUT2D eigenvalue weighted by molar-refractivity contribution is 6.21. The first-order chi connectivity index (χ1) is 9.74. The van der Waals surface area contributed by atoms with Crippen molar-refractivity contribution in [1.29, 1.82) is 0 Å². The quantitative estimate of drug-likeness (QED) is 0.753. The van der Waals surface area contributed by atoms with Crippen molar-refractivity contribution in [1.82, 2.24) is 4.90 Å². The molecular formula is C14H17ClF3NO2. The first-order valence-electron chi connectivity index (χ1n) is 6.27. The molecule has 0 saturated heterocycles. The van der Waals surface area contributed by atoms with E-state index in [4.69, 9.17) is 16.3 Å². The maximum Gasteiger partial charge on any atom is 0.416 e. The van der Waals surface area contributed by atoms with Crippen molar-refractivity contribution < 1.29 is 22.7 Å². The van der Waals surface area contributed by atoms with Gasteiger partial charge in [-0.1, -0.05) is 12.1 Å². The lowest BCUT2D eigenvalue weighted by atomic mass is 10.1. The number of halogens is 4. The van der Waals surface area contributed by atoms with Crippen molar-refractivity contribution in [2.75, 3.05) is 27.3 Å². The molecule has 1 aromatic carbocycles. The van der Waals surface area contributed by atoms with Gasteiger partial charge >= 0.3 is 6.18 Å². The minimum atomic E-state index is -4.37. The number of carbonyl (C=O) groups is 1. The fourth-order valence-corrected chi connectivity index (χ4v) is 2.09. The Morgan fingerprint density at radius 3 is 2.38 bits per heavy atom. The summed E-state index contributed by atoms with van der Waals surface area (Å²) in [5.74, 6) is -0.212. The lowest BCUT2D eigenvalue weighted by Gasteiger charge is -2.20. The van der Waals surface area contributed by atoms with Crippen molar-refractivity contribution >= 4 is 17.5 Å². The molecule has 1 atom stereocenters. The van der Waals surface area contributed by atoms with Gasteiger partial charge in [-0.15, -0.1) is 11.6 Å². The summed E-state index contributed by atoms with van der Waals surface area (Å²) in [5.41, 5.74) is -0.203. The molecule has 0 aliphatic heterocycles. The monoisotopic (exact) mass is 323 g/mol. The van der Waals surface area contributed by atoms with Crippen LogP contribution in [0.4, 0.5) is 13.2 Å². The van der Waals surface area contributed by atoms with Crippen molar-refractivity contribution in [3.63, 3.8) is 0 Å². The van der Waals surface area contributed by atoms with E-state index in [0.717, 1.165) is 12.1 Å². The van der Waals surface area contributed by atoms with Crippen LogP contribution in [0.5, 0.6) is 0 Å². The van der Waals surface area contributed by atoms with E-state index in [0.29, 0.717) is 18.7 Å². The Hall–Kier alpha value is -1.27. The summed E-state index contributed by atoms with van der Waals surface area (Å²) in [6.07, 6.45) is -4.34. The summed E-state index contributed by atoms with van der Waals surface area (Å²) in [7, 11) is 3.11. The molecule has 0 bridgehead atoms. The van der Waals surface area contributed by atoms with E-state index in [1.54, 1.807) is 7.05 Å². The molecule has 0 saturated carbocycles. The average Bonchev–Trinajstić information content (AvgIpc) is 2.38. The minimum absolute atomic E-state index is 0.0330. The van der Waals surface area contributed by atoms with Crippen molar-refractivity contribution in [3.8, 4) is 0 Å². The number of carbonyl (C=O) groups excluding carboxylic acids is 1. The first-order valence-corrected chi connectivity index (χ1v) is 6.70. The van der Waals surface area contributed by atoms with E-state index < -0.39 is 11.7 Å². The zero-order chi connectivity index (χ0) is 16.0. The van der Waals surface area contributed by atoms with E-state index in [9.17, 15) is 18.0 Å². The van der Waals surface area contributed by atoms with E-state index in [1.165, 1.54) is 24.1 Å². The molecule has 1 rings (SSSR count). The first kappa shape index (κ1) is 17.8. The maximum atomic E-state index is 12.4. The molecule has 0 fully saturated rings. The molecule has 0 radical (unpaired) electrons. The van der Waals surface area contributed by atoms with Gasteiger partial charge in [-0.25, -0.2) is 0 Å². The fraction of sp³-hybridized carbons (Fsp3) is 0.500. The molecule has 1 aromatic rings. The van der Waals surface area contributed by atoms with Crippen LogP contribution in [-0.4, -0.2) is 43.5 Å². The molecule has 0 aliphatic rings. The second kappa shape index (κ2) is 7.66. The maximum absolute atomic E-state index is 12.4. The predicted octanol–water partition coefficient (Wildman–Crippen LogP) is 2.96. The second-order valence-corrected chi connectivity index (χ2v) is 5.32. The summed E-state index contributed by atoms with van der Waals surface area (Å²) in [6.45, 7) is 0.633. The number of rotatable bonds is 6. The van der Waals surface area contributed by atoms with E-state index in [-0.39, 0.29) is 17.7 Å². The Kier molecular flexibility index (Phi) is 6.48. The molecule has 21 heavy (non-hydrogen) atoms. The van der Waals surface area contributed by atoms with Crippen LogP contribution in [0.3, 0.4) is 0 Å². The lowest BCUT2D eigenvalue weighted by Crippen LogP contribution is -2.34. The predicted molar refractivity (Wildman–Crippen MR) is 74.3 cm³/mol. The smallest absolute Gasteiger partial charge is 0.383 e. The highest BCUT2D eigenvalue weighted by Gasteiger charge is 2.30. The van der Waals surface area contributed by atoms with Crippen LogP contribution in [0, 0.1) is 0 Å². The Morgan fingerprint density at radius 1 is 1.33 bits per heavy atom. The highest BCUT2D eigenvalue weighted by Crippen LogP contribution is 2.29. The number of amides is 1. The summed E-state index contributed by atoms with van der Waals surface area (Å²) in [4.78, 5) is 13.4. The third kappa shape index (κ3) is 5.93. The molecule has 0 spiro atoms. The lowest BCUT2D eigenvalue weighted by molar-refractivity contribution is -0.137. The van der Waals surface area contributed by atoms with Crippen molar-refractivity contribution in [2.45, 2.75) is 18.0 Å². The molecule has 0 heterocycles. The number of nitrogens with zero attached hydrogens (tertiary/aromatic N) is 1. The van der Waals surface area contributed by atoms with Crippen LogP contribution in [-0.2, 0) is 22.1 Å². The molecule has 1 unspecified atom stereocenters. The number of ether oxygens (including phenoxy) is 1. The standard InChI is InChI=1S/C14H17ClF3NO2/c1-19(8-12(15)9-21-2)13(20)7-10-3-5-11(6-4-10)14(16,17)18/h3-6,12H,7-9H2,1-2H3. The highest BCUT2D eigenvalue weighted by atomic mass is 35.5. The van der Waals surface area contributed by atoms with E-state index >= 15 is 0 Å². The van der Waals surface area contributed by atoms with Gasteiger partial charge in [0.05, 0.1) is 24.0 Å². The number of hydrogen-bond donors (Lipinski definition) is 0. The normalized spacial score (nSPS) is 13.0. The third-order valence-corrected chi connectivity index (χ3v) is 3.15. The van der Waals surface area contributed by atoms with E-state index in [2.05, 4.69) is 0 Å². The summed E-state index contributed by atoms with van der Waals surface area (Å²) >= 11 is 5.95. The second-order valence-electron chi connectivity index (χ2n) is 4.70. The molecular weight excluding hydrogens is 307 g/mol. The van der Waals surface area contributed by atoms with Crippen molar-refractivity contribution in [2.24, 2.45) is 0 Å². The number of alkyl halides is 4. The topological polar surface area (TPSA) is 29.5 Å². The van der Waals surface area contributed by atoms with Crippen LogP contribution in [0.25, 0.3) is 0 Å². The Labute approximate surface area is 126 Å². The van der Waals surface area contributed by atoms with Crippen LogP contribution < -0.4 is 0 Å². The average molecular weight is 324 g/mol. The third-order valence-electron chi connectivity index (χ3n) is 2.88. The number of hydrogen-bond acceptors (Lipinski definition) is 2. The fourth-order valence-electron chi connectivity index (χ4n) is 1.75. The van der Waals surface area contributed by atoms with Gasteiger partial charge in [-0.2, -0.15) is 13.2 Å². The molecule has 0 N–H and O–H groups in total. The summed E-state index contributed by atoms with van der Waals surface area (Å²) in [5, 5.41) is -0.323. The number of methoxy groups -OCH3 is 1. The molecule has 118 valence electrons. The zero-order valence-corrected chi connectivity index (χ0v) is 12.5. The van der Waals surface area contributed by atoms with Gasteiger partial charge in [-0.3, -0.25) is 4.79 Å². The van der Waals surface area contributed by atoms with Gasteiger partial charge in [0.25, 0.3) is 0 Å². The van der Waals surface area contributed by atoms with E-state index in [1.807, 2.05) is 0 Å². The minimum Gasteiger partial charge on any atom is -0.383 e. The van der Waals surface area contributed by atoms with Crippen LogP contribution in [0.15, 0.2) is 24.3 Å². The van der Waals surface area contributed by atoms with Crippen molar-refractivity contribution in [3.05, 3.63) is 35.4 Å². The largest absolute Gasteiger partial charge is 0.416 e. The molecule has 0 aliphatic carbocycles. The van der Waals surface area contributed by atoms with Gasteiger partial charge in [0.15, 0.2) is 0 Å². The SMILES string of the molecule is COCC(Cl)CN(C)C(=O)Cc1ccc(C(F)(F)F)cc1. The Bertz CT molecular complexity index is 462. The Morgan fingerprint density at radius 2 is 1.90 bits per heavy atom. The molecule has 1 amide bonds. The van der Waals surface area contributed by atoms with Crippen LogP contribution >= 0.6 is 11.6 Å². The molecule has 3 nitrogen and oxygen atoms in total. The Balaban J connectivity index is 2.58. The van der Waals surface area contributed by atoms with Gasteiger partial charge < -0.3 is 9.64 Å². The molecule has 0 aromatic heterocycles.